The molecule has 0 bridgehead atoms. The van der Waals surface area contributed by atoms with E-state index >= 15 is 0 Å². The van der Waals surface area contributed by atoms with Gasteiger partial charge in [0.05, 0.1) is 0 Å². The molecule has 1 atom stereocenters. The van der Waals surface area contributed by atoms with Crippen LogP contribution >= 0.6 is 0 Å². The van der Waals surface area contributed by atoms with Crippen molar-refractivity contribution in [2.75, 3.05) is 45.8 Å². The first kappa shape index (κ1) is 19.7. The topological polar surface area (TPSA) is 81.8 Å². The molecule has 7 heteroatoms. The molecular weight excluding hydrogens is 320 g/mol. The Hall–Kier alpha value is -1.63. The molecule has 7 nitrogen and oxygen atoms in total. The second-order valence-electron chi connectivity index (χ2n) is 7.26. The van der Waals surface area contributed by atoms with Gasteiger partial charge >= 0.3 is 0 Å². The molecule has 2 N–H and O–H groups in total. The molecule has 2 saturated heterocycles. The summed E-state index contributed by atoms with van der Waals surface area (Å²) in [6.07, 6.45) is 3.14. The Morgan fingerprint density at radius 3 is 2.28 bits per heavy atom. The van der Waals surface area contributed by atoms with Gasteiger partial charge in [-0.15, -0.1) is 0 Å². The smallest absolute Gasteiger partial charge is 0.224 e. The lowest BCUT2D eigenvalue weighted by Crippen LogP contribution is -2.50. The summed E-state index contributed by atoms with van der Waals surface area (Å²) in [4.78, 5) is 39.1. The van der Waals surface area contributed by atoms with E-state index < -0.39 is 0 Å². The standard InChI is InChI=1S/C18H32N4O3/c1-14(16-3-6-19-7-4-16)13-17(24)20-8-5-18(25)22-11-9-21(10-12-22)15(2)23/h14,16,19H,3-13H2,1-2H3,(H,20,24). The molecule has 3 amide bonds. The van der Waals surface area contributed by atoms with Gasteiger partial charge in [-0.3, -0.25) is 14.4 Å². The van der Waals surface area contributed by atoms with Gasteiger partial charge in [0.15, 0.2) is 0 Å². The van der Waals surface area contributed by atoms with Crippen molar-refractivity contribution in [1.82, 2.24) is 20.4 Å². The molecule has 0 aromatic heterocycles. The molecule has 25 heavy (non-hydrogen) atoms. The molecule has 2 heterocycles. The Balaban J connectivity index is 1.60. The van der Waals surface area contributed by atoms with Crippen molar-refractivity contribution in [3.63, 3.8) is 0 Å². The molecule has 2 fully saturated rings. The molecule has 0 saturated carbocycles. The number of piperazine rings is 1. The highest BCUT2D eigenvalue weighted by Gasteiger charge is 2.23. The van der Waals surface area contributed by atoms with Gasteiger partial charge in [0.1, 0.15) is 0 Å². The van der Waals surface area contributed by atoms with Crippen LogP contribution in [-0.4, -0.2) is 73.3 Å². The zero-order valence-electron chi connectivity index (χ0n) is 15.6. The van der Waals surface area contributed by atoms with E-state index in [0.29, 0.717) is 57.4 Å². The van der Waals surface area contributed by atoms with Crippen LogP contribution in [0, 0.1) is 11.8 Å². The molecular formula is C18H32N4O3. The molecule has 0 aromatic rings. The summed E-state index contributed by atoms with van der Waals surface area (Å²) >= 11 is 0. The van der Waals surface area contributed by atoms with Crippen LogP contribution in [0.4, 0.5) is 0 Å². The predicted molar refractivity (Wildman–Crippen MR) is 95.8 cm³/mol. The first-order chi connectivity index (χ1) is 12.0. The Kier molecular flexibility index (Phi) is 7.68. The van der Waals surface area contributed by atoms with Crippen LogP contribution in [-0.2, 0) is 14.4 Å². The molecule has 2 aliphatic heterocycles. The molecule has 0 spiro atoms. The quantitative estimate of drug-likeness (QED) is 0.716. The monoisotopic (exact) mass is 352 g/mol. The average molecular weight is 352 g/mol. The van der Waals surface area contributed by atoms with E-state index in [1.165, 1.54) is 0 Å². The van der Waals surface area contributed by atoms with E-state index in [2.05, 4.69) is 17.6 Å². The maximum absolute atomic E-state index is 12.2. The Bertz CT molecular complexity index is 469. The van der Waals surface area contributed by atoms with E-state index in [0.717, 1.165) is 25.9 Å². The van der Waals surface area contributed by atoms with Gasteiger partial charge in [-0.2, -0.15) is 0 Å². The number of rotatable bonds is 6. The van der Waals surface area contributed by atoms with Crippen molar-refractivity contribution in [2.45, 2.75) is 39.5 Å². The molecule has 0 radical (unpaired) electrons. The summed E-state index contributed by atoms with van der Waals surface area (Å²) < 4.78 is 0. The van der Waals surface area contributed by atoms with Crippen molar-refractivity contribution < 1.29 is 14.4 Å². The molecule has 142 valence electrons. The molecule has 2 aliphatic rings. The Morgan fingerprint density at radius 2 is 1.68 bits per heavy atom. The SMILES string of the molecule is CC(=O)N1CCN(C(=O)CCNC(=O)CC(C)C2CCNCC2)CC1. The van der Waals surface area contributed by atoms with Crippen molar-refractivity contribution in [3.8, 4) is 0 Å². The van der Waals surface area contributed by atoms with Gasteiger partial charge in [0, 0.05) is 52.5 Å². The summed E-state index contributed by atoms with van der Waals surface area (Å²) in [6.45, 7) is 8.54. The number of carbonyl (C=O) groups excluding carboxylic acids is 3. The molecule has 0 aromatic carbocycles. The number of hydrogen-bond acceptors (Lipinski definition) is 4. The third kappa shape index (κ3) is 6.30. The molecule has 1 unspecified atom stereocenters. The van der Waals surface area contributed by atoms with Crippen LogP contribution in [0.15, 0.2) is 0 Å². The van der Waals surface area contributed by atoms with Gasteiger partial charge < -0.3 is 20.4 Å². The van der Waals surface area contributed by atoms with Gasteiger partial charge in [0.2, 0.25) is 17.7 Å². The maximum atomic E-state index is 12.2. The summed E-state index contributed by atoms with van der Waals surface area (Å²) in [7, 11) is 0. The van der Waals surface area contributed by atoms with Crippen LogP contribution in [0.2, 0.25) is 0 Å². The third-order valence-corrected chi connectivity index (χ3v) is 5.43. The zero-order valence-corrected chi connectivity index (χ0v) is 15.6. The summed E-state index contributed by atoms with van der Waals surface area (Å²) in [6, 6.07) is 0. The van der Waals surface area contributed by atoms with E-state index in [-0.39, 0.29) is 17.7 Å². The van der Waals surface area contributed by atoms with Crippen LogP contribution in [0.3, 0.4) is 0 Å². The summed E-state index contributed by atoms with van der Waals surface area (Å²) in [5, 5.41) is 6.23. The highest BCUT2D eigenvalue weighted by atomic mass is 16.2. The van der Waals surface area contributed by atoms with Gasteiger partial charge in [-0.25, -0.2) is 0 Å². The van der Waals surface area contributed by atoms with Crippen molar-refractivity contribution >= 4 is 17.7 Å². The van der Waals surface area contributed by atoms with Gasteiger partial charge in [-0.1, -0.05) is 6.92 Å². The fourth-order valence-electron chi connectivity index (χ4n) is 3.68. The average Bonchev–Trinajstić information content (AvgIpc) is 2.62. The number of amides is 3. The lowest BCUT2D eigenvalue weighted by Gasteiger charge is -2.34. The third-order valence-electron chi connectivity index (χ3n) is 5.43. The largest absolute Gasteiger partial charge is 0.356 e. The van der Waals surface area contributed by atoms with Crippen LogP contribution in [0.5, 0.6) is 0 Å². The fraction of sp³-hybridized carbons (Fsp3) is 0.833. The minimum atomic E-state index is 0.0419. The van der Waals surface area contributed by atoms with E-state index in [4.69, 9.17) is 0 Å². The van der Waals surface area contributed by atoms with Crippen LogP contribution in [0.1, 0.15) is 39.5 Å². The highest BCUT2D eigenvalue weighted by molar-refractivity contribution is 5.79. The molecule has 0 aliphatic carbocycles. The zero-order chi connectivity index (χ0) is 18.2. The van der Waals surface area contributed by atoms with Crippen LogP contribution < -0.4 is 10.6 Å². The van der Waals surface area contributed by atoms with Gasteiger partial charge in [-0.05, 0) is 37.8 Å². The fourth-order valence-corrected chi connectivity index (χ4v) is 3.68. The van der Waals surface area contributed by atoms with E-state index in [1.807, 2.05) is 0 Å². The first-order valence-corrected chi connectivity index (χ1v) is 9.48. The minimum Gasteiger partial charge on any atom is -0.356 e. The van der Waals surface area contributed by atoms with Gasteiger partial charge in [0.25, 0.3) is 0 Å². The Labute approximate surface area is 150 Å². The number of nitrogens with one attached hydrogen (secondary N) is 2. The lowest BCUT2D eigenvalue weighted by atomic mass is 9.84. The number of piperidine rings is 1. The van der Waals surface area contributed by atoms with E-state index in [9.17, 15) is 14.4 Å². The van der Waals surface area contributed by atoms with Crippen molar-refractivity contribution in [3.05, 3.63) is 0 Å². The summed E-state index contributed by atoms with van der Waals surface area (Å²) in [5.41, 5.74) is 0. The molecule has 2 rings (SSSR count). The highest BCUT2D eigenvalue weighted by Crippen LogP contribution is 2.24. The number of carbonyl (C=O) groups is 3. The first-order valence-electron chi connectivity index (χ1n) is 9.48. The van der Waals surface area contributed by atoms with Crippen molar-refractivity contribution in [1.29, 1.82) is 0 Å². The Morgan fingerprint density at radius 1 is 1.08 bits per heavy atom. The van der Waals surface area contributed by atoms with E-state index in [1.54, 1.807) is 16.7 Å². The van der Waals surface area contributed by atoms with Crippen molar-refractivity contribution in [2.24, 2.45) is 11.8 Å². The predicted octanol–water partition coefficient (Wildman–Crippen LogP) is 0.209. The van der Waals surface area contributed by atoms with Crippen LogP contribution in [0.25, 0.3) is 0 Å². The normalized spacial score (nSPS) is 20.2. The second kappa shape index (κ2) is 9.75. The second-order valence-corrected chi connectivity index (χ2v) is 7.26. The summed E-state index contributed by atoms with van der Waals surface area (Å²) in [5.74, 6) is 1.15. The maximum Gasteiger partial charge on any atom is 0.224 e. The lowest BCUT2D eigenvalue weighted by molar-refractivity contribution is -0.138. The number of hydrogen-bond donors (Lipinski definition) is 2. The number of nitrogens with zero attached hydrogens (tertiary/aromatic N) is 2. The minimum absolute atomic E-state index is 0.0419.